The van der Waals surface area contributed by atoms with Crippen LogP contribution in [0.15, 0.2) is 65.7 Å². The van der Waals surface area contributed by atoms with Gasteiger partial charge in [0.05, 0.1) is 27.9 Å². The van der Waals surface area contributed by atoms with Crippen molar-refractivity contribution in [1.82, 2.24) is 29.7 Å². The van der Waals surface area contributed by atoms with E-state index in [2.05, 4.69) is 52.6 Å². The van der Waals surface area contributed by atoms with E-state index in [1.165, 1.54) is 0 Å². The monoisotopic (exact) mass is 645 g/mol. The lowest BCUT2D eigenvalue weighted by atomic mass is 10.0. The van der Waals surface area contributed by atoms with Gasteiger partial charge in [0.25, 0.3) is 0 Å². The first-order valence-corrected chi connectivity index (χ1v) is 17.5. The summed E-state index contributed by atoms with van der Waals surface area (Å²) in [5.41, 5.74) is 3.12. The molecule has 2 aromatic carbocycles. The average molecular weight is 646 g/mol. The molecule has 1 amide bonds. The van der Waals surface area contributed by atoms with Crippen molar-refractivity contribution in [2.75, 3.05) is 68.8 Å². The maximum atomic E-state index is 13.0. The molecule has 46 heavy (non-hydrogen) atoms. The molecule has 4 heterocycles. The van der Waals surface area contributed by atoms with Crippen LogP contribution in [0.1, 0.15) is 26.7 Å². The Labute approximate surface area is 270 Å². The van der Waals surface area contributed by atoms with E-state index >= 15 is 0 Å². The third kappa shape index (κ3) is 7.33. The molecule has 13 heteroatoms. The van der Waals surface area contributed by atoms with Crippen molar-refractivity contribution in [2.45, 2.75) is 42.9 Å². The Bertz CT molecular complexity index is 1780. The average Bonchev–Trinajstić information content (AvgIpc) is 3.51. The highest BCUT2D eigenvalue weighted by atomic mass is 32.2. The second kappa shape index (κ2) is 13.8. The second-order valence-corrected chi connectivity index (χ2v) is 14.9. The maximum Gasteiger partial charge on any atom is 0.238 e. The number of hydrogen-bond donors (Lipinski definition) is 4. The van der Waals surface area contributed by atoms with Gasteiger partial charge >= 0.3 is 0 Å². The fourth-order valence-electron chi connectivity index (χ4n) is 6.13. The minimum Gasteiger partial charge on any atom is -0.357 e. The second-order valence-electron chi connectivity index (χ2n) is 12.4. The number of likely N-dealkylation sites (tertiary alicyclic amines) is 1. The van der Waals surface area contributed by atoms with Gasteiger partial charge in [-0.3, -0.25) is 14.6 Å². The minimum atomic E-state index is -3.53. The molecule has 4 aromatic rings. The molecule has 2 aromatic heterocycles. The first-order valence-electron chi connectivity index (χ1n) is 15.9. The molecule has 0 radical (unpaired) electrons. The maximum absolute atomic E-state index is 13.0. The molecule has 0 aliphatic carbocycles. The number of benzene rings is 2. The standard InChI is InChI=1S/C33H43N9O3S/c1-23(2)46(44,45)29-10-5-4-9-27(29)37-32-31-28(11-14-34-31)38-33(39-32)36-25-8-6-7-24(21-25)35-30(43)22-41-15-12-26(13-16-41)42-19-17-40(3)18-20-42/h4-11,14,21,23,26,34H,12-13,15-20,22H2,1-3H3,(H,35,43)(H2,36,37,38,39). The first-order chi connectivity index (χ1) is 22.2. The van der Waals surface area contributed by atoms with Crippen LogP contribution in [0.4, 0.5) is 28.8 Å². The number of para-hydroxylation sites is 1. The number of carbonyl (C=O) groups is 1. The summed E-state index contributed by atoms with van der Waals surface area (Å²) in [6.45, 7) is 10.1. The number of nitrogens with zero attached hydrogens (tertiary/aromatic N) is 5. The van der Waals surface area contributed by atoms with Crippen molar-refractivity contribution >= 4 is 55.6 Å². The van der Waals surface area contributed by atoms with Crippen LogP contribution in [-0.2, 0) is 14.6 Å². The molecule has 0 spiro atoms. The number of sulfone groups is 1. The predicted octanol–water partition coefficient (Wildman–Crippen LogP) is 4.28. The van der Waals surface area contributed by atoms with Crippen LogP contribution in [0.2, 0.25) is 0 Å². The molecule has 0 unspecified atom stereocenters. The minimum absolute atomic E-state index is 0.0401. The molecule has 6 rings (SSSR count). The summed E-state index contributed by atoms with van der Waals surface area (Å²) >= 11 is 0. The van der Waals surface area contributed by atoms with Crippen molar-refractivity contribution < 1.29 is 13.2 Å². The van der Waals surface area contributed by atoms with Crippen LogP contribution in [0.5, 0.6) is 0 Å². The molecule has 2 fully saturated rings. The van der Waals surface area contributed by atoms with Crippen LogP contribution < -0.4 is 16.0 Å². The van der Waals surface area contributed by atoms with Crippen LogP contribution in [0.3, 0.4) is 0 Å². The molecule has 2 aliphatic heterocycles. The third-order valence-electron chi connectivity index (χ3n) is 8.85. The molecular weight excluding hydrogens is 602 g/mol. The summed E-state index contributed by atoms with van der Waals surface area (Å²) in [6.07, 6.45) is 3.95. The fraction of sp³-hybridized carbons (Fsp3) is 0.424. The lowest BCUT2D eigenvalue weighted by molar-refractivity contribution is -0.117. The number of piperazine rings is 1. The smallest absolute Gasteiger partial charge is 0.238 e. The quantitative estimate of drug-likeness (QED) is 0.198. The zero-order valence-electron chi connectivity index (χ0n) is 26.7. The van der Waals surface area contributed by atoms with Crippen LogP contribution >= 0.6 is 0 Å². The molecule has 244 valence electrons. The van der Waals surface area contributed by atoms with E-state index in [-0.39, 0.29) is 10.8 Å². The van der Waals surface area contributed by atoms with E-state index < -0.39 is 15.1 Å². The van der Waals surface area contributed by atoms with Crippen molar-refractivity contribution in [3.63, 3.8) is 0 Å². The molecule has 12 nitrogen and oxygen atoms in total. The number of anilines is 5. The third-order valence-corrected chi connectivity index (χ3v) is 11.1. The van der Waals surface area contributed by atoms with Gasteiger partial charge in [0.15, 0.2) is 15.7 Å². The van der Waals surface area contributed by atoms with Crippen molar-refractivity contribution in [2.24, 2.45) is 0 Å². The number of aromatic amines is 1. The summed E-state index contributed by atoms with van der Waals surface area (Å²) in [5, 5.41) is 8.93. The number of fused-ring (bicyclic) bond motifs is 1. The zero-order chi connectivity index (χ0) is 32.3. The molecule has 2 aliphatic rings. The zero-order valence-corrected chi connectivity index (χ0v) is 27.5. The van der Waals surface area contributed by atoms with E-state index in [9.17, 15) is 13.2 Å². The molecule has 0 bridgehead atoms. The Balaban J connectivity index is 1.10. The number of aromatic nitrogens is 3. The van der Waals surface area contributed by atoms with Crippen molar-refractivity contribution in [3.05, 3.63) is 60.8 Å². The summed E-state index contributed by atoms with van der Waals surface area (Å²) in [7, 11) is -1.35. The topological polar surface area (TPSA) is 139 Å². The molecule has 0 saturated carbocycles. The lowest BCUT2D eigenvalue weighted by Crippen LogP contribution is -2.52. The van der Waals surface area contributed by atoms with Crippen molar-refractivity contribution in [1.29, 1.82) is 0 Å². The predicted molar refractivity (Wildman–Crippen MR) is 183 cm³/mol. The van der Waals surface area contributed by atoms with E-state index in [0.717, 1.165) is 52.1 Å². The van der Waals surface area contributed by atoms with E-state index in [1.807, 2.05) is 30.3 Å². The molecule has 4 N–H and O–H groups in total. The van der Waals surface area contributed by atoms with Crippen LogP contribution in [-0.4, -0.2) is 108 Å². The Hall–Kier alpha value is -4.04. The van der Waals surface area contributed by atoms with Gasteiger partial charge in [0, 0.05) is 62.9 Å². The van der Waals surface area contributed by atoms with Gasteiger partial charge in [-0.15, -0.1) is 0 Å². The highest BCUT2D eigenvalue weighted by Crippen LogP contribution is 2.31. The number of piperidine rings is 1. The number of amides is 1. The van der Waals surface area contributed by atoms with Crippen molar-refractivity contribution in [3.8, 4) is 0 Å². The summed E-state index contributed by atoms with van der Waals surface area (Å²) in [5.74, 6) is 0.719. The Morgan fingerprint density at radius 2 is 1.67 bits per heavy atom. The molecule has 0 atom stereocenters. The summed E-state index contributed by atoms with van der Waals surface area (Å²) < 4.78 is 26.1. The Morgan fingerprint density at radius 1 is 0.935 bits per heavy atom. The van der Waals surface area contributed by atoms with Gasteiger partial charge in [-0.25, -0.2) is 13.4 Å². The van der Waals surface area contributed by atoms with Gasteiger partial charge in [-0.05, 0) is 70.1 Å². The summed E-state index contributed by atoms with van der Waals surface area (Å²) in [4.78, 5) is 32.9. The number of nitrogens with one attached hydrogen (secondary N) is 4. The highest BCUT2D eigenvalue weighted by Gasteiger charge is 2.27. The van der Waals surface area contributed by atoms with E-state index in [0.29, 0.717) is 52.4 Å². The lowest BCUT2D eigenvalue weighted by Gasteiger charge is -2.41. The first kappa shape index (κ1) is 31.9. The summed E-state index contributed by atoms with van der Waals surface area (Å²) in [6, 6.07) is 16.7. The fourth-order valence-corrected chi connectivity index (χ4v) is 7.33. The van der Waals surface area contributed by atoms with E-state index in [4.69, 9.17) is 0 Å². The number of hydrogen-bond acceptors (Lipinski definition) is 10. The van der Waals surface area contributed by atoms with Crippen LogP contribution in [0.25, 0.3) is 11.0 Å². The Morgan fingerprint density at radius 3 is 2.43 bits per heavy atom. The van der Waals surface area contributed by atoms with E-state index in [1.54, 1.807) is 44.3 Å². The number of H-pyrrole nitrogens is 1. The molecular formula is C33H43N9O3S. The number of rotatable bonds is 10. The largest absolute Gasteiger partial charge is 0.357 e. The number of likely N-dealkylation sites (N-methyl/N-ethyl adjacent to an activating group) is 1. The van der Waals surface area contributed by atoms with Gasteiger partial charge < -0.3 is 25.8 Å². The van der Waals surface area contributed by atoms with Gasteiger partial charge in [-0.1, -0.05) is 18.2 Å². The van der Waals surface area contributed by atoms with Gasteiger partial charge in [0.2, 0.25) is 11.9 Å². The normalized spacial score (nSPS) is 17.4. The van der Waals surface area contributed by atoms with Gasteiger partial charge in [0.1, 0.15) is 5.52 Å². The van der Waals surface area contributed by atoms with Gasteiger partial charge in [-0.2, -0.15) is 4.98 Å². The Kier molecular flexibility index (Phi) is 9.54. The van der Waals surface area contributed by atoms with Crippen LogP contribution in [0, 0.1) is 0 Å². The SMILES string of the molecule is CC(C)S(=O)(=O)c1ccccc1Nc1nc(Nc2cccc(NC(=O)CN3CCC(N4CCN(C)CC4)CC3)c2)nc2cc[nH]c12. The highest BCUT2D eigenvalue weighted by molar-refractivity contribution is 7.92. The molecule has 2 saturated heterocycles. The number of carbonyl (C=O) groups excluding carboxylic acids is 1.